The van der Waals surface area contributed by atoms with Gasteiger partial charge >= 0.3 is 0 Å². The molecule has 58 valence electrons. The molecule has 0 spiro atoms. The lowest BCUT2D eigenvalue weighted by Gasteiger charge is -2.10. The summed E-state index contributed by atoms with van der Waals surface area (Å²) in [6.45, 7) is -0.101. The molecule has 4 heteroatoms. The zero-order chi connectivity index (χ0) is 8.27. The number of aliphatic hydroxyl groups is 1. The summed E-state index contributed by atoms with van der Waals surface area (Å²) in [5, 5.41) is 8.75. The Morgan fingerprint density at radius 1 is 1.82 bits per heavy atom. The molecule has 3 nitrogen and oxygen atoms in total. The fraction of sp³-hybridized carbons (Fsp3) is 0.714. The molecule has 1 heterocycles. The topological polar surface area (TPSA) is 46.5 Å². The second-order valence-corrected chi connectivity index (χ2v) is 2.58. The van der Waals surface area contributed by atoms with Crippen LogP contribution in [0, 0.1) is 5.92 Å². The first kappa shape index (κ1) is 8.53. The van der Waals surface area contributed by atoms with Crippen LogP contribution in [0.5, 0.6) is 0 Å². The molecule has 1 rings (SSSR count). The molecule has 3 atom stereocenters. The largest absolute Gasteiger partial charge is 0.394 e. The summed E-state index contributed by atoms with van der Waals surface area (Å²) in [5.74, 6) is 1.60. The summed E-state index contributed by atoms with van der Waals surface area (Å²) in [7, 11) is 5.44. The van der Waals surface area contributed by atoms with Crippen molar-refractivity contribution >= 4 is 13.8 Å². The van der Waals surface area contributed by atoms with E-state index < -0.39 is 0 Å². The van der Waals surface area contributed by atoms with Gasteiger partial charge in [0.25, 0.3) is 0 Å². The van der Waals surface area contributed by atoms with Gasteiger partial charge in [0.2, 0.25) is 0 Å². The summed E-state index contributed by atoms with van der Waals surface area (Å²) in [4.78, 5) is 9.97. The minimum Gasteiger partial charge on any atom is -0.394 e. The number of aliphatic hydroxyl groups excluding tert-OH is 1. The van der Waals surface area contributed by atoms with Crippen LogP contribution in [0.4, 0.5) is 0 Å². The van der Waals surface area contributed by atoms with Crippen molar-refractivity contribution in [2.75, 3.05) is 6.61 Å². The lowest BCUT2D eigenvalue weighted by Crippen LogP contribution is -2.19. The minimum absolute atomic E-state index is 0.0764. The predicted molar refractivity (Wildman–Crippen MR) is 39.9 cm³/mol. The summed E-state index contributed by atoms with van der Waals surface area (Å²) in [6.07, 6.45) is 1.61. The number of ether oxygens (including phenoxy) is 1. The molecule has 0 aromatic rings. The summed E-state index contributed by atoms with van der Waals surface area (Å²) in [5.41, 5.74) is 0. The van der Waals surface area contributed by atoms with E-state index >= 15 is 0 Å². The van der Waals surface area contributed by atoms with Crippen molar-refractivity contribution in [2.45, 2.75) is 18.5 Å². The maximum atomic E-state index is 9.97. The minimum atomic E-state index is -0.359. The summed E-state index contributed by atoms with van der Waals surface area (Å²) < 4.78 is 5.09. The van der Waals surface area contributed by atoms with Gasteiger partial charge in [0.05, 0.1) is 12.7 Å². The quantitative estimate of drug-likeness (QED) is 0.419. The third kappa shape index (κ3) is 1.93. The van der Waals surface area contributed by atoms with Crippen molar-refractivity contribution in [1.29, 1.82) is 0 Å². The van der Waals surface area contributed by atoms with Crippen LogP contribution >= 0.6 is 0 Å². The number of hydrogen-bond donors (Lipinski definition) is 1. The highest BCUT2D eigenvalue weighted by Crippen LogP contribution is 2.24. The van der Waals surface area contributed by atoms with Gasteiger partial charge in [-0.3, -0.25) is 0 Å². The Balaban J connectivity index is 2.56. The van der Waals surface area contributed by atoms with E-state index in [1.807, 2.05) is 0 Å². The molecule has 1 aliphatic rings. The third-order valence-corrected chi connectivity index (χ3v) is 1.79. The molecule has 0 bridgehead atoms. The molecular weight excluding hydrogens is 143 g/mol. The van der Waals surface area contributed by atoms with Gasteiger partial charge in [-0.2, -0.15) is 0 Å². The van der Waals surface area contributed by atoms with Crippen molar-refractivity contribution in [3.8, 4) is 0 Å². The third-order valence-electron chi connectivity index (χ3n) is 1.79. The molecule has 0 aromatic carbocycles. The Labute approximate surface area is 66.5 Å². The van der Waals surface area contributed by atoms with Crippen molar-refractivity contribution in [3.63, 3.8) is 0 Å². The Morgan fingerprint density at radius 3 is 3.09 bits per heavy atom. The van der Waals surface area contributed by atoms with Gasteiger partial charge in [-0.25, -0.2) is 4.79 Å². The van der Waals surface area contributed by atoms with Crippen LogP contribution in [-0.2, 0) is 9.53 Å². The Bertz CT molecular complexity index is 177. The number of carbonyl (C=O) groups excluding carboxylic acids is 1. The van der Waals surface area contributed by atoms with Crippen LogP contribution in [0.3, 0.4) is 0 Å². The Hall–Kier alpha value is -0.565. The van der Waals surface area contributed by atoms with Gasteiger partial charge in [-0.1, -0.05) is 0 Å². The summed E-state index contributed by atoms with van der Waals surface area (Å²) >= 11 is 0. The smallest absolute Gasteiger partial charge is 0.120 e. The predicted octanol–water partition coefficient (Wildman–Crippen LogP) is -0.734. The number of rotatable bonds is 2. The van der Waals surface area contributed by atoms with Crippen molar-refractivity contribution < 1.29 is 14.6 Å². The zero-order valence-electron chi connectivity index (χ0n) is 6.06. The van der Waals surface area contributed by atoms with E-state index in [1.165, 1.54) is 6.08 Å². The van der Waals surface area contributed by atoms with Crippen molar-refractivity contribution in [2.24, 2.45) is 5.92 Å². The molecule has 1 saturated heterocycles. The maximum absolute atomic E-state index is 9.97. The lowest BCUT2D eigenvalue weighted by molar-refractivity contribution is 0.0333. The lowest BCUT2D eigenvalue weighted by atomic mass is 9.91. The standard InChI is InChI=1S/C7H9BO3/c8-7-3-5(1-2-9)6(4-10)11-7/h1,5-7,10H,3-4H2. The van der Waals surface area contributed by atoms with Crippen LogP contribution in [0.25, 0.3) is 0 Å². The van der Waals surface area contributed by atoms with Crippen molar-refractivity contribution in [3.05, 3.63) is 6.08 Å². The normalized spacial score (nSPS) is 36.6. The number of hydrogen-bond acceptors (Lipinski definition) is 3. The molecule has 0 aliphatic carbocycles. The van der Waals surface area contributed by atoms with E-state index in [0.29, 0.717) is 6.42 Å². The fourth-order valence-corrected chi connectivity index (χ4v) is 1.24. The first-order chi connectivity index (χ1) is 5.27. The highest BCUT2D eigenvalue weighted by Gasteiger charge is 2.30. The Kier molecular flexibility index (Phi) is 2.88. The molecule has 2 radical (unpaired) electrons. The fourth-order valence-electron chi connectivity index (χ4n) is 1.24. The van der Waals surface area contributed by atoms with E-state index in [4.69, 9.17) is 17.7 Å². The summed E-state index contributed by atoms with van der Waals surface area (Å²) in [6, 6.07) is -0.359. The average Bonchev–Trinajstić information content (AvgIpc) is 2.32. The molecule has 0 aromatic heterocycles. The van der Waals surface area contributed by atoms with Crippen molar-refractivity contribution in [1.82, 2.24) is 0 Å². The van der Waals surface area contributed by atoms with E-state index in [0.717, 1.165) is 0 Å². The van der Waals surface area contributed by atoms with Gasteiger partial charge in [-0.05, 0) is 6.42 Å². The molecular formula is C7H9BO3. The van der Waals surface area contributed by atoms with Gasteiger partial charge < -0.3 is 9.84 Å². The molecule has 1 aliphatic heterocycles. The van der Waals surface area contributed by atoms with E-state index in [-0.39, 0.29) is 24.6 Å². The first-order valence-corrected chi connectivity index (χ1v) is 3.51. The van der Waals surface area contributed by atoms with Crippen LogP contribution in [0.15, 0.2) is 6.08 Å². The average molecular weight is 152 g/mol. The van der Waals surface area contributed by atoms with Gasteiger partial charge in [-0.15, -0.1) is 0 Å². The van der Waals surface area contributed by atoms with Crippen LogP contribution in [-0.4, -0.2) is 37.6 Å². The molecule has 0 saturated carbocycles. The zero-order valence-corrected chi connectivity index (χ0v) is 6.06. The second-order valence-electron chi connectivity index (χ2n) is 2.58. The highest BCUT2D eigenvalue weighted by atomic mass is 16.5. The van der Waals surface area contributed by atoms with E-state index in [9.17, 15) is 4.79 Å². The van der Waals surface area contributed by atoms with Crippen LogP contribution < -0.4 is 0 Å². The van der Waals surface area contributed by atoms with Crippen LogP contribution in [0.1, 0.15) is 6.42 Å². The molecule has 0 amide bonds. The maximum Gasteiger partial charge on any atom is 0.120 e. The highest BCUT2D eigenvalue weighted by molar-refractivity contribution is 6.11. The SMILES string of the molecule is [B]C1CC(C=C=O)C(CO)O1. The van der Waals surface area contributed by atoms with E-state index in [2.05, 4.69) is 0 Å². The van der Waals surface area contributed by atoms with Crippen LogP contribution in [0.2, 0.25) is 0 Å². The monoisotopic (exact) mass is 152 g/mol. The van der Waals surface area contributed by atoms with Gasteiger partial charge in [0, 0.05) is 18.0 Å². The van der Waals surface area contributed by atoms with Gasteiger partial charge in [0.15, 0.2) is 0 Å². The Morgan fingerprint density at radius 2 is 2.55 bits per heavy atom. The molecule has 1 N–H and O–H groups in total. The second kappa shape index (κ2) is 3.72. The van der Waals surface area contributed by atoms with Gasteiger partial charge in [0.1, 0.15) is 13.8 Å². The van der Waals surface area contributed by atoms with E-state index in [1.54, 1.807) is 5.94 Å². The molecule has 1 fully saturated rings. The molecule has 11 heavy (non-hydrogen) atoms. The first-order valence-electron chi connectivity index (χ1n) is 3.51. The molecule has 3 unspecified atom stereocenters.